The van der Waals surface area contributed by atoms with Crippen molar-refractivity contribution >= 4 is 33.3 Å². The SMILES string of the molecule is CCCc1c(NN)ncnc1Nc1ccc(Br)cc1C. The van der Waals surface area contributed by atoms with E-state index in [2.05, 4.69) is 56.6 Å². The molecule has 0 spiro atoms. The lowest BCUT2D eigenvalue weighted by Crippen LogP contribution is -2.13. The Bertz CT molecular complexity index is 600. The lowest BCUT2D eigenvalue weighted by molar-refractivity contribution is 0.903. The van der Waals surface area contributed by atoms with Gasteiger partial charge in [-0.05, 0) is 37.1 Å². The van der Waals surface area contributed by atoms with Crippen molar-refractivity contribution in [2.24, 2.45) is 5.84 Å². The topological polar surface area (TPSA) is 75.9 Å². The molecule has 0 aliphatic carbocycles. The number of aryl methyl sites for hydroxylation is 1. The van der Waals surface area contributed by atoms with E-state index in [0.717, 1.165) is 39.9 Å². The average molecular weight is 336 g/mol. The molecule has 0 aliphatic heterocycles. The van der Waals surface area contributed by atoms with E-state index >= 15 is 0 Å². The predicted molar refractivity (Wildman–Crippen MR) is 86.0 cm³/mol. The quantitative estimate of drug-likeness (QED) is 0.575. The van der Waals surface area contributed by atoms with Crippen molar-refractivity contribution in [1.82, 2.24) is 9.97 Å². The molecule has 2 rings (SSSR count). The molecule has 0 bridgehead atoms. The van der Waals surface area contributed by atoms with Crippen LogP contribution < -0.4 is 16.6 Å². The highest BCUT2D eigenvalue weighted by molar-refractivity contribution is 9.10. The zero-order valence-corrected chi connectivity index (χ0v) is 13.2. The number of nitrogen functional groups attached to an aromatic ring is 1. The maximum absolute atomic E-state index is 5.52. The number of hydrogen-bond donors (Lipinski definition) is 3. The summed E-state index contributed by atoms with van der Waals surface area (Å²) in [6, 6.07) is 6.08. The summed E-state index contributed by atoms with van der Waals surface area (Å²) in [6.07, 6.45) is 3.36. The summed E-state index contributed by atoms with van der Waals surface area (Å²) >= 11 is 3.46. The number of nitrogens with one attached hydrogen (secondary N) is 2. The molecule has 1 heterocycles. The van der Waals surface area contributed by atoms with E-state index in [1.54, 1.807) is 0 Å². The van der Waals surface area contributed by atoms with Gasteiger partial charge in [-0.1, -0.05) is 29.3 Å². The number of nitrogens with zero attached hydrogens (tertiary/aromatic N) is 2. The lowest BCUT2D eigenvalue weighted by atomic mass is 10.1. The van der Waals surface area contributed by atoms with Crippen LogP contribution in [0.5, 0.6) is 0 Å². The van der Waals surface area contributed by atoms with Crippen LogP contribution in [0.3, 0.4) is 0 Å². The van der Waals surface area contributed by atoms with E-state index in [-0.39, 0.29) is 0 Å². The van der Waals surface area contributed by atoms with Gasteiger partial charge in [0.05, 0.1) is 0 Å². The molecule has 0 saturated heterocycles. The van der Waals surface area contributed by atoms with Crippen LogP contribution in [-0.4, -0.2) is 9.97 Å². The Kier molecular flexibility index (Phi) is 4.92. The van der Waals surface area contributed by atoms with Gasteiger partial charge < -0.3 is 10.7 Å². The largest absolute Gasteiger partial charge is 0.340 e. The summed E-state index contributed by atoms with van der Waals surface area (Å²) in [5.41, 5.74) is 5.79. The molecular weight excluding hydrogens is 318 g/mol. The Morgan fingerprint density at radius 3 is 2.65 bits per heavy atom. The second kappa shape index (κ2) is 6.67. The van der Waals surface area contributed by atoms with Gasteiger partial charge in [0.1, 0.15) is 18.0 Å². The van der Waals surface area contributed by atoms with Gasteiger partial charge in [0.25, 0.3) is 0 Å². The van der Waals surface area contributed by atoms with Crippen LogP contribution in [0.15, 0.2) is 29.0 Å². The first-order chi connectivity index (χ1) is 9.65. The zero-order valence-electron chi connectivity index (χ0n) is 11.6. The van der Waals surface area contributed by atoms with Gasteiger partial charge >= 0.3 is 0 Å². The fraction of sp³-hybridized carbons (Fsp3) is 0.286. The molecule has 5 nitrogen and oxygen atoms in total. The summed E-state index contributed by atoms with van der Waals surface area (Å²) in [6.45, 7) is 4.16. The van der Waals surface area contributed by atoms with Gasteiger partial charge in [0, 0.05) is 15.7 Å². The smallest absolute Gasteiger partial charge is 0.148 e. The Morgan fingerprint density at radius 2 is 2.00 bits per heavy atom. The summed E-state index contributed by atoms with van der Waals surface area (Å²) in [5.74, 6) is 6.98. The Hall–Kier alpha value is -1.66. The molecule has 1 aromatic carbocycles. The van der Waals surface area contributed by atoms with Crippen LogP contribution in [0, 0.1) is 6.92 Å². The molecule has 20 heavy (non-hydrogen) atoms. The van der Waals surface area contributed by atoms with Crippen molar-refractivity contribution in [3.05, 3.63) is 40.1 Å². The minimum Gasteiger partial charge on any atom is -0.340 e. The first kappa shape index (κ1) is 14.7. The summed E-state index contributed by atoms with van der Waals surface area (Å²) in [5, 5.41) is 3.36. The van der Waals surface area contributed by atoms with Crippen molar-refractivity contribution in [2.45, 2.75) is 26.7 Å². The van der Waals surface area contributed by atoms with E-state index in [0.29, 0.717) is 5.82 Å². The Balaban J connectivity index is 2.37. The van der Waals surface area contributed by atoms with E-state index < -0.39 is 0 Å². The fourth-order valence-electron chi connectivity index (χ4n) is 2.03. The molecule has 0 radical (unpaired) electrons. The molecule has 0 atom stereocenters. The monoisotopic (exact) mass is 335 g/mol. The number of hydrazine groups is 1. The van der Waals surface area contributed by atoms with Crippen molar-refractivity contribution in [3.63, 3.8) is 0 Å². The van der Waals surface area contributed by atoms with Gasteiger partial charge in [-0.3, -0.25) is 0 Å². The second-order valence-electron chi connectivity index (χ2n) is 4.53. The fourth-order valence-corrected chi connectivity index (χ4v) is 2.50. The molecule has 4 N–H and O–H groups in total. The van der Waals surface area contributed by atoms with E-state index in [4.69, 9.17) is 5.84 Å². The van der Waals surface area contributed by atoms with Crippen molar-refractivity contribution < 1.29 is 0 Å². The summed E-state index contributed by atoms with van der Waals surface area (Å²) in [7, 11) is 0. The van der Waals surface area contributed by atoms with Crippen LogP contribution in [0.2, 0.25) is 0 Å². The normalized spacial score (nSPS) is 10.4. The number of anilines is 3. The highest BCUT2D eigenvalue weighted by Crippen LogP contribution is 2.27. The summed E-state index contributed by atoms with van der Waals surface area (Å²) in [4.78, 5) is 8.50. The van der Waals surface area contributed by atoms with Crippen LogP contribution in [0.25, 0.3) is 0 Å². The third-order valence-corrected chi connectivity index (χ3v) is 3.52. The van der Waals surface area contributed by atoms with Crippen molar-refractivity contribution in [2.75, 3.05) is 10.7 Å². The number of hydrogen-bond acceptors (Lipinski definition) is 5. The molecule has 0 aliphatic rings. The first-order valence-corrected chi connectivity index (χ1v) is 7.28. The van der Waals surface area contributed by atoms with Gasteiger partial charge in [0.2, 0.25) is 0 Å². The highest BCUT2D eigenvalue weighted by atomic mass is 79.9. The van der Waals surface area contributed by atoms with Gasteiger partial charge in [-0.15, -0.1) is 0 Å². The molecule has 6 heteroatoms. The molecule has 1 aromatic heterocycles. The van der Waals surface area contributed by atoms with Crippen LogP contribution >= 0.6 is 15.9 Å². The highest BCUT2D eigenvalue weighted by Gasteiger charge is 2.11. The van der Waals surface area contributed by atoms with Crippen LogP contribution in [0.1, 0.15) is 24.5 Å². The van der Waals surface area contributed by atoms with Gasteiger partial charge in [0.15, 0.2) is 0 Å². The van der Waals surface area contributed by atoms with E-state index in [9.17, 15) is 0 Å². The lowest BCUT2D eigenvalue weighted by Gasteiger charge is -2.15. The first-order valence-electron chi connectivity index (χ1n) is 6.49. The average Bonchev–Trinajstić information content (AvgIpc) is 2.43. The molecule has 0 fully saturated rings. The molecule has 106 valence electrons. The van der Waals surface area contributed by atoms with E-state index in [1.807, 2.05) is 12.1 Å². The number of benzene rings is 1. The molecule has 0 saturated carbocycles. The number of rotatable bonds is 5. The van der Waals surface area contributed by atoms with Gasteiger partial charge in [-0.25, -0.2) is 15.8 Å². The Labute approximate surface area is 127 Å². The molecule has 0 amide bonds. The number of halogens is 1. The van der Waals surface area contributed by atoms with Crippen LogP contribution in [-0.2, 0) is 6.42 Å². The third-order valence-electron chi connectivity index (χ3n) is 3.02. The molecule has 2 aromatic rings. The van der Waals surface area contributed by atoms with Gasteiger partial charge in [-0.2, -0.15) is 0 Å². The zero-order chi connectivity index (χ0) is 14.5. The Morgan fingerprint density at radius 1 is 1.25 bits per heavy atom. The predicted octanol–water partition coefficient (Wildman–Crippen LogP) is 3.53. The summed E-state index contributed by atoms with van der Waals surface area (Å²) < 4.78 is 1.06. The standard InChI is InChI=1S/C14H18BrN5/c1-3-4-11-13(17-8-18-14(11)20-16)19-12-6-5-10(15)7-9(12)2/h5-8H,3-4,16H2,1-2H3,(H2,17,18,19,20). The second-order valence-corrected chi connectivity index (χ2v) is 5.44. The molecular formula is C14H18BrN5. The minimum absolute atomic E-state index is 0.666. The van der Waals surface area contributed by atoms with Crippen molar-refractivity contribution in [3.8, 4) is 0 Å². The van der Waals surface area contributed by atoms with E-state index in [1.165, 1.54) is 6.33 Å². The minimum atomic E-state index is 0.666. The maximum Gasteiger partial charge on any atom is 0.148 e. The maximum atomic E-state index is 5.52. The third kappa shape index (κ3) is 3.26. The number of nitrogens with two attached hydrogens (primary N) is 1. The number of aromatic nitrogens is 2. The van der Waals surface area contributed by atoms with Crippen LogP contribution in [0.4, 0.5) is 17.3 Å². The van der Waals surface area contributed by atoms with Crippen molar-refractivity contribution in [1.29, 1.82) is 0 Å². The molecule has 0 unspecified atom stereocenters.